The summed E-state index contributed by atoms with van der Waals surface area (Å²) < 4.78 is 0. The van der Waals surface area contributed by atoms with E-state index >= 15 is 0 Å². The van der Waals surface area contributed by atoms with E-state index in [1.54, 1.807) is 0 Å². The largest absolute Gasteiger partial charge is 0.314 e. The fraction of sp³-hybridized carbons (Fsp3) is 0.500. The van der Waals surface area contributed by atoms with Gasteiger partial charge in [0, 0.05) is 18.8 Å². The third-order valence-electron chi connectivity index (χ3n) is 2.11. The van der Waals surface area contributed by atoms with Gasteiger partial charge in [0.1, 0.15) is 0 Å². The molecule has 0 radical (unpaired) electrons. The van der Waals surface area contributed by atoms with Crippen LogP contribution < -0.4 is 5.32 Å². The molecule has 1 atom stereocenters. The lowest BCUT2D eigenvalue weighted by Gasteiger charge is -2.10. The summed E-state index contributed by atoms with van der Waals surface area (Å²) in [4.78, 5) is 0. The van der Waals surface area contributed by atoms with E-state index in [0.717, 1.165) is 18.8 Å². The smallest absolute Gasteiger partial charge is 0.0709 e. The molecule has 0 fully saturated rings. The Balaban J connectivity index is 2.16. The number of halogens is 1. The average molecular weight is 244 g/mol. The van der Waals surface area contributed by atoms with Crippen molar-refractivity contribution in [3.63, 3.8) is 0 Å². The summed E-state index contributed by atoms with van der Waals surface area (Å²) in [5, 5.41) is 3.45. The second-order valence-corrected chi connectivity index (χ2v) is 5.20. The Hall–Kier alpha value is -0.180. The molecule has 1 aromatic carbocycles. The molecule has 1 nitrogen and oxygen atoms in total. The first-order valence-electron chi connectivity index (χ1n) is 5.32. The predicted octanol–water partition coefficient (Wildman–Crippen LogP) is 3.31. The van der Waals surface area contributed by atoms with Crippen LogP contribution in [-0.2, 0) is 0 Å². The first kappa shape index (κ1) is 12.9. The van der Waals surface area contributed by atoms with Crippen molar-refractivity contribution in [3.8, 4) is 0 Å². The number of alkyl halides is 1. The molecule has 0 amide bonds. The number of hydrogen-bond donors (Lipinski definition) is 1. The molecule has 1 aromatic rings. The molecule has 1 unspecified atom stereocenters. The van der Waals surface area contributed by atoms with E-state index < -0.39 is 0 Å². The van der Waals surface area contributed by atoms with Crippen molar-refractivity contribution >= 4 is 23.4 Å². The lowest BCUT2D eigenvalue weighted by molar-refractivity contribution is 0.706. The highest BCUT2D eigenvalue weighted by Gasteiger charge is 2.05. The summed E-state index contributed by atoms with van der Waals surface area (Å²) in [5.41, 5.74) is 1.19. The first-order valence-corrected chi connectivity index (χ1v) is 6.91. The van der Waals surface area contributed by atoms with Crippen LogP contribution in [0.3, 0.4) is 0 Å². The van der Waals surface area contributed by atoms with Crippen LogP contribution in [0.1, 0.15) is 17.9 Å². The van der Waals surface area contributed by atoms with Crippen LogP contribution in [0.5, 0.6) is 0 Å². The number of rotatable bonds is 7. The third-order valence-corrected chi connectivity index (χ3v) is 3.42. The van der Waals surface area contributed by atoms with Crippen molar-refractivity contribution in [1.29, 1.82) is 0 Å². The molecule has 0 saturated heterocycles. The Bertz CT molecular complexity index is 253. The summed E-state index contributed by atoms with van der Waals surface area (Å²) in [6.07, 6.45) is 0. The van der Waals surface area contributed by atoms with Crippen LogP contribution in [0, 0.1) is 0 Å². The standard InChI is InChI=1S/C12H18ClNS/c1-2-15-9-8-14-10-12(13)11-6-4-3-5-7-11/h3-7,12,14H,2,8-10H2,1H3. The maximum Gasteiger partial charge on any atom is 0.0709 e. The number of thioether (sulfide) groups is 1. The van der Waals surface area contributed by atoms with Crippen LogP contribution in [0.2, 0.25) is 0 Å². The molecular formula is C12H18ClNS. The topological polar surface area (TPSA) is 12.0 Å². The summed E-state index contributed by atoms with van der Waals surface area (Å²) >= 11 is 8.20. The van der Waals surface area contributed by atoms with Gasteiger partial charge in [-0.15, -0.1) is 11.6 Å². The highest BCUT2D eigenvalue weighted by Crippen LogP contribution is 2.18. The number of benzene rings is 1. The quantitative estimate of drug-likeness (QED) is 0.583. The maximum atomic E-state index is 6.25. The Kier molecular flexibility index (Phi) is 6.90. The van der Waals surface area contributed by atoms with E-state index in [9.17, 15) is 0 Å². The highest BCUT2D eigenvalue weighted by molar-refractivity contribution is 7.99. The Morgan fingerprint density at radius 2 is 2.07 bits per heavy atom. The van der Waals surface area contributed by atoms with E-state index in [-0.39, 0.29) is 5.38 Å². The SMILES string of the molecule is CCSCCNCC(Cl)c1ccccc1. The van der Waals surface area contributed by atoms with Gasteiger partial charge in [-0.2, -0.15) is 11.8 Å². The van der Waals surface area contributed by atoms with Crippen molar-refractivity contribution in [2.45, 2.75) is 12.3 Å². The van der Waals surface area contributed by atoms with Crippen molar-refractivity contribution in [2.24, 2.45) is 0 Å². The fourth-order valence-electron chi connectivity index (χ4n) is 1.30. The van der Waals surface area contributed by atoms with Crippen molar-refractivity contribution < 1.29 is 0 Å². The molecule has 0 aliphatic carbocycles. The summed E-state index contributed by atoms with van der Waals surface area (Å²) in [7, 11) is 0. The number of nitrogens with one attached hydrogen (secondary N) is 1. The zero-order chi connectivity index (χ0) is 10.9. The first-order chi connectivity index (χ1) is 7.34. The molecule has 15 heavy (non-hydrogen) atoms. The van der Waals surface area contributed by atoms with Gasteiger partial charge in [-0.3, -0.25) is 0 Å². The highest BCUT2D eigenvalue weighted by atomic mass is 35.5. The maximum absolute atomic E-state index is 6.25. The third kappa shape index (κ3) is 5.45. The zero-order valence-corrected chi connectivity index (χ0v) is 10.7. The predicted molar refractivity (Wildman–Crippen MR) is 70.9 cm³/mol. The second-order valence-electron chi connectivity index (χ2n) is 3.28. The molecule has 0 aromatic heterocycles. The minimum Gasteiger partial charge on any atom is -0.314 e. The van der Waals surface area contributed by atoms with Gasteiger partial charge in [-0.1, -0.05) is 37.3 Å². The molecule has 0 saturated carbocycles. The van der Waals surface area contributed by atoms with Gasteiger partial charge >= 0.3 is 0 Å². The van der Waals surface area contributed by atoms with Crippen LogP contribution in [-0.4, -0.2) is 24.6 Å². The zero-order valence-electron chi connectivity index (χ0n) is 9.08. The molecule has 3 heteroatoms. The minimum absolute atomic E-state index is 0.0813. The molecule has 0 spiro atoms. The molecule has 1 rings (SSSR count). The lowest BCUT2D eigenvalue weighted by Crippen LogP contribution is -2.21. The Labute approximate surface area is 102 Å². The van der Waals surface area contributed by atoms with Crippen LogP contribution >= 0.6 is 23.4 Å². The van der Waals surface area contributed by atoms with E-state index in [0.29, 0.717) is 0 Å². The van der Waals surface area contributed by atoms with Gasteiger partial charge < -0.3 is 5.32 Å². The van der Waals surface area contributed by atoms with Crippen molar-refractivity contribution in [1.82, 2.24) is 5.32 Å². The molecule has 1 N–H and O–H groups in total. The molecule has 0 heterocycles. The molecule has 84 valence electrons. The number of hydrogen-bond acceptors (Lipinski definition) is 2. The van der Waals surface area contributed by atoms with Crippen molar-refractivity contribution in [3.05, 3.63) is 35.9 Å². The van der Waals surface area contributed by atoms with Crippen LogP contribution in [0.25, 0.3) is 0 Å². The Morgan fingerprint density at radius 3 is 2.73 bits per heavy atom. The molecule has 0 bridgehead atoms. The summed E-state index contributed by atoms with van der Waals surface area (Å²) in [6.45, 7) is 4.06. The average Bonchev–Trinajstić information content (AvgIpc) is 2.30. The van der Waals surface area contributed by atoms with E-state index in [2.05, 4.69) is 24.4 Å². The second kappa shape index (κ2) is 8.03. The van der Waals surface area contributed by atoms with Gasteiger partial charge in [0.2, 0.25) is 0 Å². The van der Waals surface area contributed by atoms with Gasteiger partial charge in [-0.05, 0) is 11.3 Å². The van der Waals surface area contributed by atoms with Crippen LogP contribution in [0.4, 0.5) is 0 Å². The van der Waals surface area contributed by atoms with Gasteiger partial charge in [0.25, 0.3) is 0 Å². The van der Waals surface area contributed by atoms with Gasteiger partial charge in [-0.25, -0.2) is 0 Å². The minimum atomic E-state index is 0.0813. The normalized spacial score (nSPS) is 12.7. The van der Waals surface area contributed by atoms with Gasteiger partial charge in [0.05, 0.1) is 5.38 Å². The molecule has 0 aliphatic heterocycles. The molecule has 0 aliphatic rings. The monoisotopic (exact) mass is 243 g/mol. The van der Waals surface area contributed by atoms with E-state index in [1.807, 2.05) is 30.0 Å². The van der Waals surface area contributed by atoms with Crippen LogP contribution in [0.15, 0.2) is 30.3 Å². The van der Waals surface area contributed by atoms with E-state index in [1.165, 1.54) is 11.3 Å². The molecular weight excluding hydrogens is 226 g/mol. The van der Waals surface area contributed by atoms with Crippen molar-refractivity contribution in [2.75, 3.05) is 24.6 Å². The summed E-state index contributed by atoms with van der Waals surface area (Å²) in [5.74, 6) is 2.35. The van der Waals surface area contributed by atoms with Gasteiger partial charge in [0.15, 0.2) is 0 Å². The lowest BCUT2D eigenvalue weighted by atomic mass is 10.1. The fourth-order valence-corrected chi connectivity index (χ4v) is 2.13. The summed E-state index contributed by atoms with van der Waals surface area (Å²) in [6, 6.07) is 10.2. The Morgan fingerprint density at radius 1 is 1.33 bits per heavy atom. The van der Waals surface area contributed by atoms with E-state index in [4.69, 9.17) is 11.6 Å².